The second kappa shape index (κ2) is 13.7. The van der Waals surface area contributed by atoms with Crippen LogP contribution in [0.3, 0.4) is 0 Å². The van der Waals surface area contributed by atoms with E-state index in [1.54, 1.807) is 6.26 Å². The highest BCUT2D eigenvalue weighted by atomic mass is 16.6. The molecule has 1 aromatic heterocycles. The minimum absolute atomic E-state index is 0.0334. The lowest BCUT2D eigenvalue weighted by molar-refractivity contribution is -0.157. The molecule has 3 aromatic rings. The molecule has 7 nitrogen and oxygen atoms in total. The number of amides is 1. The number of hydrogen-bond donors (Lipinski definition) is 0. The Balaban J connectivity index is 0.00000205. The molecule has 0 radical (unpaired) electrons. The minimum atomic E-state index is -0.565. The van der Waals surface area contributed by atoms with E-state index in [-0.39, 0.29) is 25.0 Å². The van der Waals surface area contributed by atoms with Crippen molar-refractivity contribution < 1.29 is 23.5 Å². The summed E-state index contributed by atoms with van der Waals surface area (Å²) in [6.45, 7) is 14.3. The zero-order chi connectivity index (χ0) is 28.6. The fourth-order valence-electron chi connectivity index (χ4n) is 4.89. The Morgan fingerprint density at radius 1 is 1.13 bits per heavy atom. The van der Waals surface area contributed by atoms with Gasteiger partial charge in [-0.25, -0.2) is 4.79 Å². The molecule has 7 heteroatoms. The number of nitrogens with zero attached hydrogens (tertiary/aromatic N) is 2. The summed E-state index contributed by atoms with van der Waals surface area (Å²) in [7, 11) is 1.87. The molecule has 0 saturated carbocycles. The lowest BCUT2D eigenvalue weighted by Gasteiger charge is -2.32. The van der Waals surface area contributed by atoms with Gasteiger partial charge in [0.2, 0.25) is 5.91 Å². The largest absolute Gasteiger partial charge is 0.482 e. The minimum Gasteiger partial charge on any atom is -0.482 e. The van der Waals surface area contributed by atoms with Crippen molar-refractivity contribution in [3.8, 4) is 5.75 Å². The number of likely N-dealkylation sites (N-methyl/N-ethyl adjacent to an activating group) is 1. The average molecular weight is 537 g/mol. The van der Waals surface area contributed by atoms with E-state index in [1.807, 2.05) is 95.1 Å². The van der Waals surface area contributed by atoms with Gasteiger partial charge in [0.1, 0.15) is 16.9 Å². The maximum atomic E-state index is 13.5. The smallest absolute Gasteiger partial charge is 0.344 e. The van der Waals surface area contributed by atoms with Gasteiger partial charge in [-0.2, -0.15) is 0 Å². The van der Waals surface area contributed by atoms with Crippen LogP contribution in [0.15, 0.2) is 59.2 Å². The first kappa shape index (κ1) is 30.2. The van der Waals surface area contributed by atoms with Crippen molar-refractivity contribution in [2.24, 2.45) is 5.92 Å². The fraction of sp³-hybridized carbons (Fsp3) is 0.500. The molecule has 1 aliphatic heterocycles. The predicted octanol–water partition coefficient (Wildman–Crippen LogP) is 6.26. The number of hydrogen-bond acceptors (Lipinski definition) is 6. The van der Waals surface area contributed by atoms with Gasteiger partial charge in [-0.3, -0.25) is 4.79 Å². The standard InChI is InChI=1S/C30H38N2O5.C2H6/c1-21-12-14-32(18-21)19-26(23-9-6-10-24(16-23)36-20-29(34)37-30(2,3)4)31(5)28(33)17-22-8-7-11-27-25(22)13-15-35-27;1-2/h6-11,13,15-16,21,26H,12,14,17-20H2,1-5H3;1-2H3/t21?,26-;/m1./s1. The number of likely N-dealkylation sites (tertiary alicyclic amines) is 1. The lowest BCUT2D eigenvalue weighted by atomic mass is 10.0. The van der Waals surface area contributed by atoms with Crippen LogP contribution in [0.5, 0.6) is 5.75 Å². The van der Waals surface area contributed by atoms with Crippen LogP contribution in [0.4, 0.5) is 0 Å². The maximum absolute atomic E-state index is 13.5. The number of ether oxygens (including phenoxy) is 2. The van der Waals surface area contributed by atoms with Crippen molar-refractivity contribution in [1.29, 1.82) is 0 Å². The Morgan fingerprint density at radius 2 is 1.87 bits per heavy atom. The summed E-state index contributed by atoms with van der Waals surface area (Å²) in [4.78, 5) is 30.0. The molecule has 1 amide bonds. The van der Waals surface area contributed by atoms with E-state index < -0.39 is 11.6 Å². The van der Waals surface area contributed by atoms with Gasteiger partial charge < -0.3 is 23.7 Å². The Hall–Kier alpha value is -3.32. The number of fused-ring (bicyclic) bond motifs is 1. The van der Waals surface area contributed by atoms with Crippen LogP contribution >= 0.6 is 0 Å². The van der Waals surface area contributed by atoms with Crippen molar-refractivity contribution in [2.75, 3.05) is 33.3 Å². The molecule has 1 aliphatic rings. The van der Waals surface area contributed by atoms with Gasteiger partial charge in [0.05, 0.1) is 18.7 Å². The van der Waals surface area contributed by atoms with E-state index in [9.17, 15) is 9.59 Å². The maximum Gasteiger partial charge on any atom is 0.344 e. The number of carbonyl (C=O) groups excluding carboxylic acids is 2. The van der Waals surface area contributed by atoms with E-state index in [0.717, 1.165) is 48.2 Å². The molecule has 212 valence electrons. The molecule has 2 aromatic carbocycles. The molecule has 0 N–H and O–H groups in total. The number of carbonyl (C=O) groups is 2. The molecule has 0 spiro atoms. The summed E-state index contributed by atoms with van der Waals surface area (Å²) in [6, 6.07) is 15.2. The highest BCUT2D eigenvalue weighted by Gasteiger charge is 2.28. The van der Waals surface area contributed by atoms with Crippen molar-refractivity contribution >= 4 is 22.8 Å². The third-order valence-electron chi connectivity index (χ3n) is 6.75. The van der Waals surface area contributed by atoms with Crippen LogP contribution in [0, 0.1) is 5.92 Å². The van der Waals surface area contributed by atoms with Gasteiger partial charge in [0, 0.05) is 25.5 Å². The van der Waals surface area contributed by atoms with E-state index in [2.05, 4.69) is 11.8 Å². The third kappa shape index (κ3) is 8.59. The molecule has 1 unspecified atom stereocenters. The van der Waals surface area contributed by atoms with Crippen LogP contribution in [0.1, 0.15) is 65.1 Å². The number of benzene rings is 2. The van der Waals surface area contributed by atoms with E-state index in [1.165, 1.54) is 0 Å². The number of furan rings is 1. The van der Waals surface area contributed by atoms with Crippen molar-refractivity contribution in [1.82, 2.24) is 9.80 Å². The summed E-state index contributed by atoms with van der Waals surface area (Å²) in [5.41, 5.74) is 2.14. The second-order valence-electron chi connectivity index (χ2n) is 11.0. The molecule has 4 rings (SSSR count). The Labute approximate surface area is 233 Å². The van der Waals surface area contributed by atoms with E-state index >= 15 is 0 Å². The summed E-state index contributed by atoms with van der Waals surface area (Å²) >= 11 is 0. The first-order chi connectivity index (χ1) is 18.6. The van der Waals surface area contributed by atoms with Crippen LogP contribution in [-0.2, 0) is 20.7 Å². The Kier molecular flexibility index (Phi) is 10.6. The molecule has 39 heavy (non-hydrogen) atoms. The summed E-state index contributed by atoms with van der Waals surface area (Å²) in [5, 5.41) is 0.965. The molecule has 2 atom stereocenters. The normalized spacial score (nSPS) is 16.3. The molecule has 0 aliphatic carbocycles. The van der Waals surface area contributed by atoms with Gasteiger partial charge in [0.15, 0.2) is 6.61 Å². The van der Waals surface area contributed by atoms with Crippen LogP contribution in [0.2, 0.25) is 0 Å². The van der Waals surface area contributed by atoms with Crippen LogP contribution in [-0.4, -0.2) is 60.6 Å². The van der Waals surface area contributed by atoms with Crippen molar-refractivity contribution in [3.05, 3.63) is 65.9 Å². The Bertz CT molecular complexity index is 1230. The van der Waals surface area contributed by atoms with Gasteiger partial charge in [-0.05, 0) is 75.0 Å². The SMILES string of the molecule is CC.CC1CCN(C[C@H](c2cccc(OCC(=O)OC(C)(C)C)c2)N(C)C(=O)Cc2cccc3occc23)C1. The first-order valence-electron chi connectivity index (χ1n) is 14.0. The predicted molar refractivity (Wildman–Crippen MR) is 155 cm³/mol. The molecule has 2 heterocycles. The highest BCUT2D eigenvalue weighted by Crippen LogP contribution is 2.29. The summed E-state index contributed by atoms with van der Waals surface area (Å²) in [5.74, 6) is 0.836. The van der Waals surface area contributed by atoms with E-state index in [4.69, 9.17) is 13.9 Å². The molecule has 1 fully saturated rings. The third-order valence-corrected chi connectivity index (χ3v) is 6.75. The van der Waals surface area contributed by atoms with Gasteiger partial charge in [-0.1, -0.05) is 45.0 Å². The molecule has 1 saturated heterocycles. The number of esters is 1. The Morgan fingerprint density at radius 3 is 2.56 bits per heavy atom. The number of rotatable bonds is 9. The molecule has 0 bridgehead atoms. The van der Waals surface area contributed by atoms with Crippen LogP contribution < -0.4 is 4.74 Å². The van der Waals surface area contributed by atoms with Crippen molar-refractivity contribution in [3.63, 3.8) is 0 Å². The first-order valence-corrected chi connectivity index (χ1v) is 14.0. The zero-order valence-electron chi connectivity index (χ0n) is 24.5. The molecular weight excluding hydrogens is 492 g/mol. The molecular formula is C32H44N2O5. The summed E-state index contributed by atoms with van der Waals surface area (Å²) < 4.78 is 16.6. The van der Waals surface area contributed by atoms with Gasteiger partial charge in [-0.15, -0.1) is 0 Å². The summed E-state index contributed by atoms with van der Waals surface area (Å²) in [6.07, 6.45) is 3.10. The monoisotopic (exact) mass is 536 g/mol. The quantitative estimate of drug-likeness (QED) is 0.301. The lowest BCUT2D eigenvalue weighted by Crippen LogP contribution is -2.39. The van der Waals surface area contributed by atoms with E-state index in [0.29, 0.717) is 11.7 Å². The second-order valence-corrected chi connectivity index (χ2v) is 11.0. The topological polar surface area (TPSA) is 72.2 Å². The fourth-order valence-corrected chi connectivity index (χ4v) is 4.89. The van der Waals surface area contributed by atoms with Crippen LogP contribution in [0.25, 0.3) is 11.0 Å². The van der Waals surface area contributed by atoms with Gasteiger partial charge in [0.25, 0.3) is 0 Å². The highest BCUT2D eigenvalue weighted by molar-refractivity contribution is 5.87. The zero-order valence-corrected chi connectivity index (χ0v) is 24.5. The van der Waals surface area contributed by atoms with Gasteiger partial charge >= 0.3 is 5.97 Å². The van der Waals surface area contributed by atoms with Crippen molar-refractivity contribution in [2.45, 2.75) is 66.0 Å². The average Bonchev–Trinajstić information content (AvgIpc) is 3.55.